The number of carbonyl (C=O) groups is 4. The number of carbonyl (C=O) groups excluding carboxylic acids is 3. The second-order valence-electron chi connectivity index (χ2n) is 5.20. The summed E-state index contributed by atoms with van der Waals surface area (Å²) >= 11 is 0. The van der Waals surface area contributed by atoms with Crippen molar-refractivity contribution in [1.29, 1.82) is 0 Å². The first-order valence-corrected chi connectivity index (χ1v) is 7.18. The van der Waals surface area contributed by atoms with Crippen molar-refractivity contribution in [3.63, 3.8) is 0 Å². The van der Waals surface area contributed by atoms with Crippen LogP contribution < -0.4 is 16.8 Å². The van der Waals surface area contributed by atoms with Gasteiger partial charge >= 0.3 is 5.97 Å². The number of nitrogens with one attached hydrogen (secondary N) is 1. The van der Waals surface area contributed by atoms with Crippen molar-refractivity contribution >= 4 is 23.7 Å². The van der Waals surface area contributed by atoms with E-state index in [4.69, 9.17) is 16.6 Å². The molecule has 0 aromatic carbocycles. The smallest absolute Gasteiger partial charge is 0.323 e. The Kier molecular flexibility index (Phi) is 6.93. The van der Waals surface area contributed by atoms with E-state index in [-0.39, 0.29) is 12.8 Å². The van der Waals surface area contributed by atoms with E-state index in [1.54, 1.807) is 0 Å². The van der Waals surface area contributed by atoms with Crippen LogP contribution >= 0.6 is 0 Å². The van der Waals surface area contributed by atoms with Crippen molar-refractivity contribution in [3.8, 4) is 0 Å². The van der Waals surface area contributed by atoms with E-state index in [1.807, 2.05) is 0 Å². The fourth-order valence-corrected chi connectivity index (χ4v) is 2.19. The lowest BCUT2D eigenvalue weighted by atomic mass is 10.0. The van der Waals surface area contributed by atoms with E-state index in [1.165, 1.54) is 0 Å². The van der Waals surface area contributed by atoms with Crippen LogP contribution in [0.4, 0.5) is 0 Å². The molecule has 124 valence electrons. The van der Waals surface area contributed by atoms with Crippen molar-refractivity contribution in [1.82, 2.24) is 10.2 Å². The summed E-state index contributed by atoms with van der Waals surface area (Å²) in [5.74, 6) is -3.03. The predicted octanol–water partition coefficient (Wildman–Crippen LogP) is -1.84. The Bertz CT molecular complexity index is 454. The summed E-state index contributed by atoms with van der Waals surface area (Å²) < 4.78 is 0. The third kappa shape index (κ3) is 5.08. The van der Waals surface area contributed by atoms with Crippen LogP contribution in [0.25, 0.3) is 0 Å². The minimum Gasteiger partial charge on any atom is -0.480 e. The highest BCUT2D eigenvalue weighted by Gasteiger charge is 2.36. The molecule has 0 saturated carbocycles. The number of imide groups is 1. The largest absolute Gasteiger partial charge is 0.480 e. The maximum Gasteiger partial charge on any atom is 0.323 e. The number of rotatable bonds is 8. The minimum absolute atomic E-state index is 0.00633. The van der Waals surface area contributed by atoms with Crippen LogP contribution in [0.2, 0.25) is 0 Å². The molecular weight excluding hydrogens is 292 g/mol. The molecule has 3 amide bonds. The first kappa shape index (κ1) is 18.1. The van der Waals surface area contributed by atoms with Crippen molar-refractivity contribution in [2.45, 2.75) is 44.2 Å². The van der Waals surface area contributed by atoms with Crippen molar-refractivity contribution < 1.29 is 24.3 Å². The zero-order valence-corrected chi connectivity index (χ0v) is 12.3. The third-order valence-electron chi connectivity index (χ3n) is 3.43. The summed E-state index contributed by atoms with van der Waals surface area (Å²) in [6.07, 6.45) is 2.06. The van der Waals surface area contributed by atoms with Crippen LogP contribution in [0, 0.1) is 0 Å². The molecular formula is C13H22N4O5. The average molecular weight is 314 g/mol. The number of carboxylic acids is 1. The highest BCUT2D eigenvalue weighted by atomic mass is 16.4. The number of aliphatic carboxylic acids is 1. The van der Waals surface area contributed by atoms with Gasteiger partial charge in [0, 0.05) is 6.42 Å². The zero-order valence-electron chi connectivity index (χ0n) is 12.3. The molecule has 6 N–H and O–H groups in total. The van der Waals surface area contributed by atoms with Gasteiger partial charge in [-0.2, -0.15) is 0 Å². The van der Waals surface area contributed by atoms with Crippen LogP contribution in [-0.4, -0.2) is 58.9 Å². The number of nitrogens with zero attached hydrogens (tertiary/aromatic N) is 1. The summed E-state index contributed by atoms with van der Waals surface area (Å²) in [5.41, 5.74) is 11.1. The Morgan fingerprint density at radius 2 is 2.05 bits per heavy atom. The van der Waals surface area contributed by atoms with Gasteiger partial charge in [0.15, 0.2) is 0 Å². The number of hydrogen-bond donors (Lipinski definition) is 4. The SMILES string of the molecule is NCCCC[C@H](N)C(=O)N[C@H]1CCC(=O)N(CC(=O)O)C1=O. The van der Waals surface area contributed by atoms with Crippen LogP contribution in [0.1, 0.15) is 32.1 Å². The second-order valence-corrected chi connectivity index (χ2v) is 5.20. The molecule has 1 aliphatic rings. The molecule has 1 rings (SSSR count). The highest BCUT2D eigenvalue weighted by molar-refractivity contribution is 6.03. The Morgan fingerprint density at radius 1 is 1.36 bits per heavy atom. The van der Waals surface area contributed by atoms with Gasteiger partial charge in [0.25, 0.3) is 5.91 Å². The molecule has 9 nitrogen and oxygen atoms in total. The first-order chi connectivity index (χ1) is 10.4. The first-order valence-electron chi connectivity index (χ1n) is 7.18. The number of nitrogens with two attached hydrogens (primary N) is 2. The minimum atomic E-state index is -1.29. The number of carboxylic acid groups (broad SMARTS) is 1. The third-order valence-corrected chi connectivity index (χ3v) is 3.43. The fourth-order valence-electron chi connectivity index (χ4n) is 2.19. The predicted molar refractivity (Wildman–Crippen MR) is 76.4 cm³/mol. The van der Waals surface area contributed by atoms with Crippen LogP contribution in [-0.2, 0) is 19.2 Å². The van der Waals surface area contributed by atoms with Crippen LogP contribution in [0.3, 0.4) is 0 Å². The molecule has 0 bridgehead atoms. The van der Waals surface area contributed by atoms with Gasteiger partial charge in [0.1, 0.15) is 12.6 Å². The van der Waals surface area contributed by atoms with E-state index >= 15 is 0 Å². The summed E-state index contributed by atoms with van der Waals surface area (Å²) in [7, 11) is 0. The lowest BCUT2D eigenvalue weighted by Crippen LogP contribution is -2.57. The molecule has 0 aromatic rings. The number of unbranched alkanes of at least 4 members (excludes halogenated alkanes) is 1. The van der Waals surface area contributed by atoms with Gasteiger partial charge in [-0.25, -0.2) is 0 Å². The molecule has 9 heteroatoms. The van der Waals surface area contributed by atoms with E-state index in [2.05, 4.69) is 5.32 Å². The second kappa shape index (κ2) is 8.44. The maximum atomic E-state index is 12.1. The van der Waals surface area contributed by atoms with E-state index < -0.39 is 42.3 Å². The summed E-state index contributed by atoms with van der Waals surface area (Å²) in [6, 6.07) is -1.67. The molecule has 0 aromatic heterocycles. The molecule has 0 unspecified atom stereocenters. The monoisotopic (exact) mass is 314 g/mol. The van der Waals surface area contributed by atoms with Crippen molar-refractivity contribution in [2.24, 2.45) is 11.5 Å². The number of amides is 3. The van der Waals surface area contributed by atoms with Crippen molar-refractivity contribution in [3.05, 3.63) is 0 Å². The molecule has 1 heterocycles. The highest BCUT2D eigenvalue weighted by Crippen LogP contribution is 2.13. The van der Waals surface area contributed by atoms with Gasteiger partial charge in [0.05, 0.1) is 6.04 Å². The molecule has 22 heavy (non-hydrogen) atoms. The molecule has 0 radical (unpaired) electrons. The summed E-state index contributed by atoms with van der Waals surface area (Å²) in [5, 5.41) is 11.2. The molecule has 1 fully saturated rings. The molecule has 0 aliphatic carbocycles. The lowest BCUT2D eigenvalue weighted by molar-refractivity contribution is -0.156. The topological polar surface area (TPSA) is 156 Å². The average Bonchev–Trinajstić information content (AvgIpc) is 2.46. The van der Waals surface area contributed by atoms with E-state index in [0.717, 1.165) is 6.42 Å². The van der Waals surface area contributed by atoms with Gasteiger partial charge in [-0.1, -0.05) is 6.42 Å². The quantitative estimate of drug-likeness (QED) is 0.303. The normalized spacial score (nSPS) is 19.9. The van der Waals surface area contributed by atoms with E-state index in [0.29, 0.717) is 24.3 Å². The van der Waals surface area contributed by atoms with Crippen LogP contribution in [0.5, 0.6) is 0 Å². The molecule has 1 saturated heterocycles. The summed E-state index contributed by atoms with van der Waals surface area (Å²) in [6.45, 7) is -0.186. The summed E-state index contributed by atoms with van der Waals surface area (Å²) in [4.78, 5) is 46.9. The van der Waals surface area contributed by atoms with Gasteiger partial charge < -0.3 is 21.9 Å². The van der Waals surface area contributed by atoms with Gasteiger partial charge in [-0.15, -0.1) is 0 Å². The zero-order chi connectivity index (χ0) is 16.7. The van der Waals surface area contributed by atoms with Gasteiger partial charge in [-0.05, 0) is 25.8 Å². The number of piperidine rings is 1. The van der Waals surface area contributed by atoms with Gasteiger partial charge in [-0.3, -0.25) is 24.1 Å². The van der Waals surface area contributed by atoms with Crippen LogP contribution in [0.15, 0.2) is 0 Å². The van der Waals surface area contributed by atoms with E-state index in [9.17, 15) is 19.2 Å². The standard InChI is InChI=1S/C13H22N4O5/c14-6-2-1-3-8(15)12(21)16-9-4-5-10(18)17(13(9)22)7-11(19)20/h8-9H,1-7,14-15H2,(H,16,21)(H,19,20)/t8-,9-/m0/s1. The Balaban J connectivity index is 2.57. The number of hydrogen-bond acceptors (Lipinski definition) is 6. The Labute approximate surface area is 128 Å². The molecule has 1 aliphatic heterocycles. The maximum absolute atomic E-state index is 12.1. The number of likely N-dealkylation sites (tertiary alicyclic amines) is 1. The lowest BCUT2D eigenvalue weighted by Gasteiger charge is -2.30. The molecule has 0 spiro atoms. The fraction of sp³-hybridized carbons (Fsp3) is 0.692. The van der Waals surface area contributed by atoms with Crippen molar-refractivity contribution in [2.75, 3.05) is 13.1 Å². The Hall–Kier alpha value is -2.00. The van der Waals surface area contributed by atoms with Gasteiger partial charge in [0.2, 0.25) is 11.8 Å². The Morgan fingerprint density at radius 3 is 2.64 bits per heavy atom. The molecule has 2 atom stereocenters.